The van der Waals surface area contributed by atoms with Crippen LogP contribution >= 0.6 is 11.6 Å². The molecule has 1 amide bonds. The maximum absolute atomic E-state index is 11.9. The Hall–Kier alpha value is -3.13. The van der Waals surface area contributed by atoms with Crippen LogP contribution in [0.1, 0.15) is 10.4 Å². The molecular formula is C16H13ClN2O6. The molecule has 0 fully saturated rings. The van der Waals surface area contributed by atoms with Gasteiger partial charge in [-0.2, -0.15) is 0 Å². The minimum Gasteiger partial charge on any atom is -0.497 e. The SMILES string of the molecule is COc1cccc(C(=O)OCC(=O)Nc2ccc([N+](=O)[O-])cc2Cl)c1. The number of carbonyl (C=O) groups is 2. The molecule has 0 radical (unpaired) electrons. The van der Waals surface area contributed by atoms with Gasteiger partial charge in [-0.25, -0.2) is 4.79 Å². The van der Waals surface area contributed by atoms with Crippen molar-refractivity contribution in [2.45, 2.75) is 0 Å². The third-order valence-corrected chi connectivity index (χ3v) is 3.39. The number of amides is 1. The molecule has 0 heterocycles. The number of hydrogen-bond donors (Lipinski definition) is 1. The summed E-state index contributed by atoms with van der Waals surface area (Å²) in [6.45, 7) is -0.538. The Morgan fingerprint density at radius 2 is 2.00 bits per heavy atom. The minimum absolute atomic E-state index is 0.00155. The van der Waals surface area contributed by atoms with Crippen molar-refractivity contribution in [3.63, 3.8) is 0 Å². The van der Waals surface area contributed by atoms with Crippen molar-refractivity contribution in [1.29, 1.82) is 0 Å². The highest BCUT2D eigenvalue weighted by atomic mass is 35.5. The number of carbonyl (C=O) groups excluding carboxylic acids is 2. The maximum atomic E-state index is 11.9. The van der Waals surface area contributed by atoms with Crippen LogP contribution in [-0.4, -0.2) is 30.5 Å². The Morgan fingerprint density at radius 3 is 2.64 bits per heavy atom. The first-order chi connectivity index (χ1) is 11.9. The minimum atomic E-state index is -0.691. The number of methoxy groups -OCH3 is 1. The standard InChI is InChI=1S/C16H13ClN2O6/c1-24-12-4-2-3-10(7-12)16(21)25-9-15(20)18-14-6-5-11(19(22)23)8-13(14)17/h2-8H,9H2,1H3,(H,18,20). The van der Waals surface area contributed by atoms with Crippen LogP contribution in [-0.2, 0) is 9.53 Å². The van der Waals surface area contributed by atoms with Crippen LogP contribution in [0, 0.1) is 10.1 Å². The summed E-state index contributed by atoms with van der Waals surface area (Å²) in [6.07, 6.45) is 0. The second kappa shape index (κ2) is 8.11. The van der Waals surface area contributed by atoms with E-state index >= 15 is 0 Å². The predicted octanol–water partition coefficient (Wildman–Crippen LogP) is 3.05. The van der Waals surface area contributed by atoms with Crippen molar-refractivity contribution in [2.75, 3.05) is 19.0 Å². The third-order valence-electron chi connectivity index (χ3n) is 3.08. The van der Waals surface area contributed by atoms with Crippen molar-refractivity contribution < 1.29 is 24.0 Å². The molecule has 0 unspecified atom stereocenters. The van der Waals surface area contributed by atoms with Gasteiger partial charge in [0.05, 0.1) is 28.3 Å². The number of halogens is 1. The molecule has 2 rings (SSSR count). The predicted molar refractivity (Wildman–Crippen MR) is 90.0 cm³/mol. The number of esters is 1. The molecule has 9 heteroatoms. The number of non-ortho nitro benzene ring substituents is 1. The fourth-order valence-corrected chi connectivity index (χ4v) is 2.09. The average molecular weight is 365 g/mol. The van der Waals surface area contributed by atoms with Gasteiger partial charge in [0.2, 0.25) is 0 Å². The molecular weight excluding hydrogens is 352 g/mol. The molecule has 0 aliphatic heterocycles. The summed E-state index contributed by atoms with van der Waals surface area (Å²) in [6, 6.07) is 9.89. The Morgan fingerprint density at radius 1 is 1.24 bits per heavy atom. The molecule has 0 aliphatic rings. The van der Waals surface area contributed by atoms with Gasteiger partial charge in [0.15, 0.2) is 6.61 Å². The van der Waals surface area contributed by atoms with E-state index in [-0.39, 0.29) is 22.0 Å². The van der Waals surface area contributed by atoms with Crippen molar-refractivity contribution in [3.8, 4) is 5.75 Å². The molecule has 0 aromatic heterocycles. The molecule has 0 saturated carbocycles. The highest BCUT2D eigenvalue weighted by Crippen LogP contribution is 2.26. The Balaban J connectivity index is 1.94. The zero-order chi connectivity index (χ0) is 18.4. The molecule has 2 aromatic rings. The maximum Gasteiger partial charge on any atom is 0.338 e. The number of nitro groups is 1. The molecule has 25 heavy (non-hydrogen) atoms. The molecule has 0 saturated heterocycles. The Labute approximate surface area is 147 Å². The molecule has 1 N–H and O–H groups in total. The second-order valence-electron chi connectivity index (χ2n) is 4.78. The van der Waals surface area contributed by atoms with Gasteiger partial charge in [-0.15, -0.1) is 0 Å². The van der Waals surface area contributed by atoms with Gasteiger partial charge < -0.3 is 14.8 Å². The van der Waals surface area contributed by atoms with E-state index in [0.717, 1.165) is 6.07 Å². The van der Waals surface area contributed by atoms with Gasteiger partial charge in [-0.1, -0.05) is 17.7 Å². The number of benzene rings is 2. The van der Waals surface area contributed by atoms with Gasteiger partial charge in [0, 0.05) is 12.1 Å². The van der Waals surface area contributed by atoms with Gasteiger partial charge in [0.25, 0.3) is 11.6 Å². The molecule has 0 spiro atoms. The van der Waals surface area contributed by atoms with Crippen molar-refractivity contribution in [1.82, 2.24) is 0 Å². The summed E-state index contributed by atoms with van der Waals surface area (Å²) in [4.78, 5) is 33.8. The quantitative estimate of drug-likeness (QED) is 0.479. The highest BCUT2D eigenvalue weighted by Gasteiger charge is 2.14. The van der Waals surface area contributed by atoms with E-state index in [4.69, 9.17) is 21.1 Å². The number of ether oxygens (including phenoxy) is 2. The highest BCUT2D eigenvalue weighted by molar-refractivity contribution is 6.34. The fraction of sp³-hybridized carbons (Fsp3) is 0.125. The van der Waals surface area contributed by atoms with Gasteiger partial charge in [0.1, 0.15) is 5.75 Å². The molecule has 0 atom stereocenters. The van der Waals surface area contributed by atoms with Crippen LogP contribution in [0.15, 0.2) is 42.5 Å². The summed E-state index contributed by atoms with van der Waals surface area (Å²) < 4.78 is 9.91. The van der Waals surface area contributed by atoms with E-state index in [0.29, 0.717) is 5.75 Å². The van der Waals surface area contributed by atoms with Crippen LogP contribution in [0.5, 0.6) is 5.75 Å². The summed E-state index contributed by atoms with van der Waals surface area (Å²) in [7, 11) is 1.46. The zero-order valence-electron chi connectivity index (χ0n) is 13.0. The van der Waals surface area contributed by atoms with Gasteiger partial charge >= 0.3 is 5.97 Å². The van der Waals surface area contributed by atoms with Crippen LogP contribution in [0.25, 0.3) is 0 Å². The number of rotatable bonds is 6. The molecule has 0 aliphatic carbocycles. The van der Waals surface area contributed by atoms with Crippen molar-refractivity contribution in [2.24, 2.45) is 0 Å². The topological polar surface area (TPSA) is 108 Å². The number of anilines is 1. The summed E-state index contributed by atoms with van der Waals surface area (Å²) in [5.74, 6) is -0.840. The van der Waals surface area contributed by atoms with Crippen molar-refractivity contribution in [3.05, 3.63) is 63.2 Å². The summed E-state index contributed by atoms with van der Waals surface area (Å²) in [5, 5.41) is 13.0. The number of nitrogens with zero attached hydrogens (tertiary/aromatic N) is 1. The summed E-state index contributed by atoms with van der Waals surface area (Å²) >= 11 is 5.87. The van der Waals surface area contributed by atoms with Gasteiger partial charge in [-0.3, -0.25) is 14.9 Å². The van der Waals surface area contributed by atoms with Gasteiger partial charge in [-0.05, 0) is 24.3 Å². The second-order valence-corrected chi connectivity index (χ2v) is 5.18. The first-order valence-corrected chi connectivity index (χ1v) is 7.33. The monoisotopic (exact) mass is 364 g/mol. The lowest BCUT2D eigenvalue weighted by atomic mass is 10.2. The smallest absolute Gasteiger partial charge is 0.338 e. The lowest BCUT2D eigenvalue weighted by Crippen LogP contribution is -2.21. The van der Waals surface area contributed by atoms with E-state index in [9.17, 15) is 19.7 Å². The lowest BCUT2D eigenvalue weighted by molar-refractivity contribution is -0.384. The first kappa shape index (κ1) is 18.2. The fourth-order valence-electron chi connectivity index (χ4n) is 1.87. The largest absolute Gasteiger partial charge is 0.497 e. The molecule has 8 nitrogen and oxygen atoms in total. The van der Waals surface area contributed by atoms with Crippen LogP contribution in [0.2, 0.25) is 5.02 Å². The van der Waals surface area contributed by atoms with E-state index in [1.165, 1.54) is 31.4 Å². The third kappa shape index (κ3) is 4.92. The van der Waals surface area contributed by atoms with E-state index < -0.39 is 23.4 Å². The first-order valence-electron chi connectivity index (χ1n) is 6.95. The number of hydrogen-bond acceptors (Lipinski definition) is 6. The van der Waals surface area contributed by atoms with Crippen LogP contribution in [0.4, 0.5) is 11.4 Å². The number of nitrogens with one attached hydrogen (secondary N) is 1. The normalized spacial score (nSPS) is 10.0. The van der Waals surface area contributed by atoms with E-state index in [1.54, 1.807) is 12.1 Å². The Kier molecular flexibility index (Phi) is 5.91. The van der Waals surface area contributed by atoms with Crippen molar-refractivity contribution >= 4 is 34.9 Å². The van der Waals surface area contributed by atoms with Crippen LogP contribution in [0.3, 0.4) is 0 Å². The molecule has 130 valence electrons. The lowest BCUT2D eigenvalue weighted by Gasteiger charge is -2.08. The average Bonchev–Trinajstić information content (AvgIpc) is 2.61. The Bertz CT molecular complexity index is 824. The van der Waals surface area contributed by atoms with E-state index in [2.05, 4.69) is 5.32 Å². The number of nitro benzene ring substituents is 1. The van der Waals surface area contributed by atoms with Crippen LogP contribution < -0.4 is 10.1 Å². The summed E-state index contributed by atoms with van der Waals surface area (Å²) in [5.41, 5.74) is 0.211. The zero-order valence-corrected chi connectivity index (χ0v) is 13.8. The molecule has 0 bridgehead atoms. The van der Waals surface area contributed by atoms with E-state index in [1.807, 2.05) is 0 Å². The molecule has 2 aromatic carbocycles.